The van der Waals surface area contributed by atoms with E-state index in [1.54, 1.807) is 12.1 Å². The largest absolute Gasteiger partial charge is 0.427 e. The summed E-state index contributed by atoms with van der Waals surface area (Å²) in [6.45, 7) is 3.31. The van der Waals surface area contributed by atoms with Gasteiger partial charge in [0.05, 0.1) is 0 Å². The number of benzene rings is 2. The molecule has 3 heteroatoms. The SMILES string of the molecule is CCCCCCCCCCCCCCCCNc1ccc(CCC(=O)Oc2ccccc2)cc1. The topological polar surface area (TPSA) is 38.3 Å². The van der Waals surface area contributed by atoms with Gasteiger partial charge in [-0.05, 0) is 42.7 Å². The highest BCUT2D eigenvalue weighted by molar-refractivity contribution is 5.72. The van der Waals surface area contributed by atoms with E-state index in [2.05, 4.69) is 36.5 Å². The van der Waals surface area contributed by atoms with Crippen LogP contribution in [-0.2, 0) is 11.2 Å². The summed E-state index contributed by atoms with van der Waals surface area (Å²) in [5, 5.41) is 3.52. The van der Waals surface area contributed by atoms with Gasteiger partial charge >= 0.3 is 5.97 Å². The highest BCUT2D eigenvalue weighted by atomic mass is 16.5. The Morgan fingerprint density at radius 1 is 0.676 bits per heavy atom. The number of hydrogen-bond donors (Lipinski definition) is 1. The van der Waals surface area contributed by atoms with Crippen molar-refractivity contribution in [2.75, 3.05) is 11.9 Å². The summed E-state index contributed by atoms with van der Waals surface area (Å²) >= 11 is 0. The van der Waals surface area contributed by atoms with Gasteiger partial charge < -0.3 is 10.1 Å². The zero-order valence-electron chi connectivity index (χ0n) is 21.5. The van der Waals surface area contributed by atoms with E-state index < -0.39 is 0 Å². The fourth-order valence-corrected chi connectivity index (χ4v) is 4.26. The van der Waals surface area contributed by atoms with Gasteiger partial charge in [0.1, 0.15) is 5.75 Å². The minimum Gasteiger partial charge on any atom is -0.427 e. The van der Waals surface area contributed by atoms with E-state index in [4.69, 9.17) is 4.74 Å². The standard InChI is InChI=1S/C31H47NO2/c1-2-3-4-5-6-7-8-9-10-11-12-13-14-18-27-32-29-24-21-28(22-25-29)23-26-31(33)34-30-19-16-15-17-20-30/h15-17,19-22,24-25,32H,2-14,18,23,26-27H2,1H3. The van der Waals surface area contributed by atoms with Crippen molar-refractivity contribution in [2.45, 2.75) is 110 Å². The quantitative estimate of drug-likeness (QED) is 0.120. The highest BCUT2D eigenvalue weighted by Gasteiger charge is 2.05. The molecule has 0 aromatic heterocycles. The minimum absolute atomic E-state index is 0.189. The van der Waals surface area contributed by atoms with Crippen LogP contribution in [0.3, 0.4) is 0 Å². The van der Waals surface area contributed by atoms with Crippen LogP contribution in [0.2, 0.25) is 0 Å². The minimum atomic E-state index is -0.189. The summed E-state index contributed by atoms with van der Waals surface area (Å²) in [5.41, 5.74) is 2.32. The lowest BCUT2D eigenvalue weighted by molar-refractivity contribution is -0.134. The van der Waals surface area contributed by atoms with Gasteiger partial charge in [0, 0.05) is 18.7 Å². The van der Waals surface area contributed by atoms with E-state index in [1.165, 1.54) is 89.9 Å². The number of anilines is 1. The summed E-state index contributed by atoms with van der Waals surface area (Å²) in [5.74, 6) is 0.418. The molecule has 0 saturated heterocycles. The first kappa shape index (κ1) is 28.0. The fourth-order valence-electron chi connectivity index (χ4n) is 4.26. The molecule has 0 spiro atoms. The van der Waals surface area contributed by atoms with E-state index >= 15 is 0 Å². The molecule has 0 saturated carbocycles. The lowest BCUT2D eigenvalue weighted by atomic mass is 10.0. The van der Waals surface area contributed by atoms with E-state index in [1.807, 2.05) is 18.2 Å². The molecule has 0 atom stereocenters. The van der Waals surface area contributed by atoms with Gasteiger partial charge in [-0.3, -0.25) is 4.79 Å². The van der Waals surface area contributed by atoms with Gasteiger partial charge in [-0.1, -0.05) is 121 Å². The average Bonchev–Trinajstić information content (AvgIpc) is 2.86. The number of hydrogen-bond acceptors (Lipinski definition) is 3. The number of unbranched alkanes of at least 4 members (excludes halogenated alkanes) is 13. The van der Waals surface area contributed by atoms with Gasteiger partial charge in [0.15, 0.2) is 0 Å². The van der Waals surface area contributed by atoms with Crippen molar-refractivity contribution in [2.24, 2.45) is 0 Å². The maximum Gasteiger partial charge on any atom is 0.311 e. The monoisotopic (exact) mass is 465 g/mol. The predicted octanol–water partition coefficient (Wildman–Crippen LogP) is 9.12. The Labute approximate surface area is 208 Å². The Bertz CT molecular complexity index is 742. The molecule has 0 unspecified atom stereocenters. The van der Waals surface area contributed by atoms with Crippen molar-refractivity contribution >= 4 is 11.7 Å². The van der Waals surface area contributed by atoms with Crippen molar-refractivity contribution in [3.05, 3.63) is 60.2 Å². The molecule has 3 nitrogen and oxygen atoms in total. The molecule has 0 bridgehead atoms. The number of rotatable bonds is 20. The number of ether oxygens (including phenoxy) is 1. The maximum absolute atomic E-state index is 12.0. The van der Waals surface area contributed by atoms with Crippen molar-refractivity contribution < 1.29 is 9.53 Å². The molecule has 0 amide bonds. The second-order valence-electron chi connectivity index (χ2n) is 9.51. The summed E-state index contributed by atoms with van der Waals surface area (Å²) < 4.78 is 5.35. The molecule has 0 heterocycles. The first-order chi connectivity index (χ1) is 16.8. The second kappa shape index (κ2) is 19.1. The van der Waals surface area contributed by atoms with Gasteiger partial charge in [-0.15, -0.1) is 0 Å². The summed E-state index contributed by atoms with van der Waals surface area (Å²) in [7, 11) is 0. The molecule has 2 aromatic rings. The molecule has 0 radical (unpaired) electrons. The smallest absolute Gasteiger partial charge is 0.311 e. The van der Waals surface area contributed by atoms with E-state index in [0.717, 1.165) is 17.8 Å². The lowest BCUT2D eigenvalue weighted by Gasteiger charge is -2.08. The molecule has 0 aliphatic rings. The van der Waals surface area contributed by atoms with Crippen LogP contribution < -0.4 is 10.1 Å². The molecule has 0 aliphatic heterocycles. The molecule has 0 fully saturated rings. The number of nitrogens with one attached hydrogen (secondary N) is 1. The van der Waals surface area contributed by atoms with Crippen LogP contribution in [0.4, 0.5) is 5.69 Å². The molecule has 1 N–H and O–H groups in total. The van der Waals surface area contributed by atoms with Gasteiger partial charge in [0.25, 0.3) is 0 Å². The summed E-state index contributed by atoms with van der Waals surface area (Å²) in [4.78, 5) is 12.0. The third kappa shape index (κ3) is 14.1. The Morgan fingerprint density at radius 3 is 1.76 bits per heavy atom. The zero-order valence-corrected chi connectivity index (χ0v) is 21.5. The van der Waals surface area contributed by atoms with Crippen LogP contribution in [0, 0.1) is 0 Å². The molecular formula is C31H47NO2. The normalized spacial score (nSPS) is 10.9. The van der Waals surface area contributed by atoms with Crippen LogP contribution in [0.25, 0.3) is 0 Å². The number of aryl methyl sites for hydroxylation is 1. The summed E-state index contributed by atoms with van der Waals surface area (Å²) in [6.07, 6.45) is 20.6. The fraction of sp³-hybridized carbons (Fsp3) is 0.581. The number of esters is 1. The second-order valence-corrected chi connectivity index (χ2v) is 9.51. The van der Waals surface area contributed by atoms with E-state index in [-0.39, 0.29) is 5.97 Å². The van der Waals surface area contributed by atoms with Crippen molar-refractivity contribution in [1.29, 1.82) is 0 Å². The van der Waals surface area contributed by atoms with Gasteiger partial charge in [0.2, 0.25) is 0 Å². The zero-order chi connectivity index (χ0) is 24.1. The van der Waals surface area contributed by atoms with Crippen molar-refractivity contribution in [3.63, 3.8) is 0 Å². The number of carbonyl (C=O) groups excluding carboxylic acids is 1. The first-order valence-electron chi connectivity index (χ1n) is 13.9. The highest BCUT2D eigenvalue weighted by Crippen LogP contribution is 2.15. The Morgan fingerprint density at radius 2 is 1.21 bits per heavy atom. The number of para-hydroxylation sites is 1. The van der Waals surface area contributed by atoms with E-state index in [9.17, 15) is 4.79 Å². The maximum atomic E-state index is 12.0. The van der Waals surface area contributed by atoms with Crippen LogP contribution in [0.15, 0.2) is 54.6 Å². The first-order valence-corrected chi connectivity index (χ1v) is 13.9. The Hall–Kier alpha value is -2.29. The molecular weight excluding hydrogens is 418 g/mol. The van der Waals surface area contributed by atoms with Crippen LogP contribution >= 0.6 is 0 Å². The van der Waals surface area contributed by atoms with Crippen LogP contribution in [0.1, 0.15) is 109 Å². The van der Waals surface area contributed by atoms with Crippen molar-refractivity contribution in [1.82, 2.24) is 0 Å². The Kier molecular flexibility index (Phi) is 15.7. The number of carbonyl (C=O) groups is 1. The lowest BCUT2D eigenvalue weighted by Crippen LogP contribution is -2.09. The molecule has 34 heavy (non-hydrogen) atoms. The van der Waals surface area contributed by atoms with Crippen molar-refractivity contribution in [3.8, 4) is 5.75 Å². The average molecular weight is 466 g/mol. The van der Waals surface area contributed by atoms with Crippen LogP contribution in [-0.4, -0.2) is 12.5 Å². The Balaban J connectivity index is 1.41. The van der Waals surface area contributed by atoms with E-state index in [0.29, 0.717) is 18.6 Å². The van der Waals surface area contributed by atoms with Gasteiger partial charge in [-0.2, -0.15) is 0 Å². The van der Waals surface area contributed by atoms with Crippen LogP contribution in [0.5, 0.6) is 5.75 Å². The summed E-state index contributed by atoms with van der Waals surface area (Å²) in [6, 6.07) is 17.7. The van der Waals surface area contributed by atoms with Gasteiger partial charge in [-0.25, -0.2) is 0 Å². The molecule has 0 aliphatic carbocycles. The predicted molar refractivity (Wildman–Crippen MR) is 146 cm³/mol. The third-order valence-corrected chi connectivity index (χ3v) is 6.41. The molecule has 2 rings (SSSR count). The molecule has 188 valence electrons. The third-order valence-electron chi connectivity index (χ3n) is 6.41. The molecule has 2 aromatic carbocycles.